The molecule has 0 bridgehead atoms. The summed E-state index contributed by atoms with van der Waals surface area (Å²) in [7, 11) is 0. The molecule has 0 aromatic heterocycles. The Kier molecular flexibility index (Phi) is 10.2. The van der Waals surface area contributed by atoms with Crippen LogP contribution in [0.2, 0.25) is 0 Å². The summed E-state index contributed by atoms with van der Waals surface area (Å²) in [5, 5.41) is 18.9. The summed E-state index contributed by atoms with van der Waals surface area (Å²) in [6, 6.07) is 6.23. The molecule has 1 fully saturated rings. The molecule has 166 valence electrons. The quantitative estimate of drug-likeness (QED) is 0.587. The van der Waals surface area contributed by atoms with Crippen molar-refractivity contribution in [2.75, 3.05) is 13.1 Å². The van der Waals surface area contributed by atoms with E-state index in [0.29, 0.717) is 17.7 Å². The van der Waals surface area contributed by atoms with Crippen LogP contribution in [0.4, 0.5) is 13.6 Å². The normalized spacial score (nSPS) is 18.5. The Balaban J connectivity index is 0.000000479. The molecule has 1 amide bonds. The summed E-state index contributed by atoms with van der Waals surface area (Å²) in [4.78, 5) is 33.0. The highest BCUT2D eigenvalue weighted by atomic mass is 19.3. The van der Waals surface area contributed by atoms with E-state index < -0.39 is 24.6 Å². The Hall–Kier alpha value is -3.21. The number of carbonyl (C=O) groups excluding carboxylic acids is 1. The highest BCUT2D eigenvalue weighted by molar-refractivity contribution is 5.89. The zero-order valence-electron chi connectivity index (χ0n) is 16.5. The second-order valence-electron chi connectivity index (χ2n) is 6.35. The number of hydrogen-bond donors (Lipinski definition) is 3. The van der Waals surface area contributed by atoms with Gasteiger partial charge in [-0.15, -0.1) is 0 Å². The van der Waals surface area contributed by atoms with Crippen molar-refractivity contribution in [1.82, 2.24) is 10.2 Å². The molecule has 3 N–H and O–H groups in total. The van der Waals surface area contributed by atoms with Crippen LogP contribution in [0.1, 0.15) is 19.4 Å². The monoisotopic (exact) mass is 430 g/mol. The van der Waals surface area contributed by atoms with E-state index in [1.807, 2.05) is 13.8 Å². The van der Waals surface area contributed by atoms with Crippen LogP contribution in [-0.2, 0) is 20.9 Å². The van der Waals surface area contributed by atoms with E-state index in [9.17, 15) is 23.2 Å². The van der Waals surface area contributed by atoms with E-state index >= 15 is 0 Å². The molecule has 1 aliphatic rings. The minimum absolute atomic E-state index is 0.0165. The molecular weight excluding hydrogens is 406 g/mol. The molecule has 0 spiro atoms. The predicted octanol–water partition coefficient (Wildman–Crippen LogP) is 2.32. The van der Waals surface area contributed by atoms with Crippen LogP contribution in [0, 0.1) is 0 Å². The van der Waals surface area contributed by atoms with Crippen LogP contribution in [0.15, 0.2) is 36.4 Å². The van der Waals surface area contributed by atoms with Gasteiger partial charge in [0.2, 0.25) is 0 Å². The lowest BCUT2D eigenvalue weighted by molar-refractivity contribution is -0.134. The first-order valence-electron chi connectivity index (χ1n) is 8.93. The van der Waals surface area contributed by atoms with Gasteiger partial charge in [-0.05, 0) is 31.5 Å². The Morgan fingerprint density at radius 1 is 1.17 bits per heavy atom. The number of hydrogen-bond acceptors (Lipinski definition) is 6. The fourth-order valence-corrected chi connectivity index (χ4v) is 2.67. The summed E-state index contributed by atoms with van der Waals surface area (Å²) in [5.74, 6) is -2.47. The minimum atomic E-state index is -2.87. The third-order valence-corrected chi connectivity index (χ3v) is 3.89. The molecule has 1 aromatic carbocycles. The zero-order chi connectivity index (χ0) is 22.7. The molecule has 1 saturated heterocycles. The van der Waals surface area contributed by atoms with Crippen molar-refractivity contribution in [3.8, 4) is 5.75 Å². The second kappa shape index (κ2) is 12.4. The molecule has 30 heavy (non-hydrogen) atoms. The number of rotatable bonds is 6. The molecule has 0 saturated carbocycles. The Morgan fingerprint density at radius 2 is 1.73 bits per heavy atom. The number of alkyl halides is 2. The van der Waals surface area contributed by atoms with E-state index in [-0.39, 0.29) is 24.4 Å². The Morgan fingerprint density at radius 3 is 2.23 bits per heavy atom. The van der Waals surface area contributed by atoms with Crippen LogP contribution in [-0.4, -0.2) is 64.9 Å². The molecule has 0 unspecified atom stereocenters. The molecule has 11 heteroatoms. The van der Waals surface area contributed by atoms with Crippen LogP contribution in [0.25, 0.3) is 0 Å². The van der Waals surface area contributed by atoms with Crippen LogP contribution in [0.3, 0.4) is 0 Å². The summed E-state index contributed by atoms with van der Waals surface area (Å²) < 4.78 is 34.0. The lowest BCUT2D eigenvalue weighted by atomic mass is 10.1. The van der Waals surface area contributed by atoms with Gasteiger partial charge in [0.15, 0.2) is 0 Å². The predicted molar refractivity (Wildman–Crippen MR) is 101 cm³/mol. The summed E-state index contributed by atoms with van der Waals surface area (Å²) in [6.07, 6.45) is 0.715. The second-order valence-corrected chi connectivity index (χ2v) is 6.35. The number of carbonyl (C=O) groups is 3. The lowest BCUT2D eigenvalue weighted by Crippen LogP contribution is -2.57. The van der Waals surface area contributed by atoms with Crippen molar-refractivity contribution in [3.63, 3.8) is 0 Å². The summed E-state index contributed by atoms with van der Waals surface area (Å²) in [5.41, 5.74) is 0.599. The fraction of sp³-hybridized carbons (Fsp3) is 0.421. The number of piperazine rings is 1. The van der Waals surface area contributed by atoms with Crippen molar-refractivity contribution in [3.05, 3.63) is 42.0 Å². The van der Waals surface area contributed by atoms with Gasteiger partial charge in [0.25, 0.3) is 0 Å². The highest BCUT2D eigenvalue weighted by Gasteiger charge is 2.29. The molecule has 1 heterocycles. The van der Waals surface area contributed by atoms with Gasteiger partial charge in [0.1, 0.15) is 12.4 Å². The zero-order valence-corrected chi connectivity index (χ0v) is 16.5. The fourth-order valence-electron chi connectivity index (χ4n) is 2.67. The summed E-state index contributed by atoms with van der Waals surface area (Å²) in [6.45, 7) is 2.47. The smallest absolute Gasteiger partial charge is 0.410 e. The number of halogens is 2. The third kappa shape index (κ3) is 9.32. The van der Waals surface area contributed by atoms with E-state index in [2.05, 4.69) is 10.1 Å². The number of benzene rings is 1. The highest BCUT2D eigenvalue weighted by Crippen LogP contribution is 2.18. The van der Waals surface area contributed by atoms with E-state index in [1.165, 1.54) is 12.1 Å². The standard InChI is InChI=1S/C15H20F2N2O3.C4H4O4/c1-10-7-18-8-11(2)19(10)15(20)21-9-12-4-3-5-13(6-12)22-14(16)17;5-3(6)1-2-4(7)8/h3-6,10-11,14,18H,7-9H2,1-2H3;1-2H,(H,5,6)(H,7,8)/b;2-1+/t10-,11+;. The molecule has 2 atom stereocenters. The maximum atomic E-state index is 12.2. The molecular formula is C19H24F2N2O7. The van der Waals surface area contributed by atoms with Gasteiger partial charge >= 0.3 is 24.6 Å². The van der Waals surface area contributed by atoms with Crippen LogP contribution in [0.5, 0.6) is 5.75 Å². The maximum Gasteiger partial charge on any atom is 0.410 e. The topological polar surface area (TPSA) is 125 Å². The number of carboxylic acid groups (broad SMARTS) is 2. The van der Waals surface area contributed by atoms with Gasteiger partial charge < -0.3 is 29.9 Å². The van der Waals surface area contributed by atoms with Crippen molar-refractivity contribution in [2.45, 2.75) is 39.1 Å². The number of ether oxygens (including phenoxy) is 2. The van der Waals surface area contributed by atoms with Gasteiger partial charge in [0.05, 0.1) is 0 Å². The van der Waals surface area contributed by atoms with Crippen molar-refractivity contribution < 1.29 is 42.9 Å². The number of nitrogens with zero attached hydrogens (tertiary/aromatic N) is 1. The van der Waals surface area contributed by atoms with Gasteiger partial charge in [0, 0.05) is 37.3 Å². The molecule has 1 aliphatic heterocycles. The molecule has 9 nitrogen and oxygen atoms in total. The number of carboxylic acids is 2. The third-order valence-electron chi connectivity index (χ3n) is 3.89. The molecule has 0 radical (unpaired) electrons. The van der Waals surface area contributed by atoms with Gasteiger partial charge in [-0.25, -0.2) is 14.4 Å². The summed E-state index contributed by atoms with van der Waals surface area (Å²) >= 11 is 0. The molecule has 2 rings (SSSR count). The first-order chi connectivity index (χ1) is 14.1. The van der Waals surface area contributed by atoms with E-state index in [0.717, 1.165) is 13.1 Å². The average Bonchev–Trinajstić information content (AvgIpc) is 2.65. The number of nitrogens with one attached hydrogen (secondary N) is 1. The van der Waals surface area contributed by atoms with Crippen molar-refractivity contribution in [1.29, 1.82) is 0 Å². The van der Waals surface area contributed by atoms with Crippen molar-refractivity contribution >= 4 is 18.0 Å². The van der Waals surface area contributed by atoms with E-state index in [1.54, 1.807) is 17.0 Å². The Labute approximate surface area is 171 Å². The lowest BCUT2D eigenvalue weighted by Gasteiger charge is -2.38. The van der Waals surface area contributed by atoms with Gasteiger partial charge in [-0.1, -0.05) is 12.1 Å². The number of amides is 1. The first kappa shape index (κ1) is 24.8. The van der Waals surface area contributed by atoms with Gasteiger partial charge in [-0.3, -0.25) is 0 Å². The first-order valence-corrected chi connectivity index (χ1v) is 8.93. The number of aliphatic carboxylic acids is 2. The minimum Gasteiger partial charge on any atom is -0.478 e. The van der Waals surface area contributed by atoms with Crippen molar-refractivity contribution in [2.24, 2.45) is 0 Å². The largest absolute Gasteiger partial charge is 0.478 e. The van der Waals surface area contributed by atoms with Gasteiger partial charge in [-0.2, -0.15) is 8.78 Å². The van der Waals surface area contributed by atoms with Crippen LogP contribution >= 0.6 is 0 Å². The molecule has 1 aromatic rings. The van der Waals surface area contributed by atoms with Crippen LogP contribution < -0.4 is 10.1 Å². The van der Waals surface area contributed by atoms with E-state index in [4.69, 9.17) is 14.9 Å². The molecule has 0 aliphatic carbocycles. The maximum absolute atomic E-state index is 12.2. The Bertz CT molecular complexity index is 732. The average molecular weight is 430 g/mol. The SMILES string of the molecule is C[C@@H]1CNC[C@H](C)N1C(=O)OCc1cccc(OC(F)F)c1.O=C(O)/C=C/C(=O)O.